The van der Waals surface area contributed by atoms with E-state index in [9.17, 15) is 0 Å². The predicted molar refractivity (Wildman–Crippen MR) is 39.2 cm³/mol. The summed E-state index contributed by atoms with van der Waals surface area (Å²) >= 11 is 3.26. The molecule has 0 radical (unpaired) electrons. The van der Waals surface area contributed by atoms with Crippen LogP contribution in [0.25, 0.3) is 0 Å². The Balaban J connectivity index is 2.98. The summed E-state index contributed by atoms with van der Waals surface area (Å²) in [6.07, 6.45) is 3.07. The molecular weight excluding hydrogens is 168 g/mol. The molecule has 0 aliphatic carbocycles. The summed E-state index contributed by atoms with van der Waals surface area (Å²) in [6, 6.07) is 0. The molecule has 0 bridgehead atoms. The Morgan fingerprint density at radius 1 is 1.75 bits per heavy atom. The summed E-state index contributed by atoms with van der Waals surface area (Å²) in [4.78, 5) is 0. The highest BCUT2D eigenvalue weighted by Gasteiger charge is 1.93. The smallest absolute Gasteiger partial charge is 0.0718 e. The molecule has 2 heteroatoms. The minimum atomic E-state index is -0.312. The molecule has 0 aromatic carbocycles. The highest BCUT2D eigenvalue weighted by atomic mass is 79.9. The molecule has 0 rings (SSSR count). The van der Waals surface area contributed by atoms with Crippen LogP contribution in [0.4, 0.5) is 0 Å². The normalized spacial score (nSPS) is 13.2. The Hall–Kier alpha value is 0.180. The zero-order valence-electron chi connectivity index (χ0n) is 4.81. The van der Waals surface area contributed by atoms with E-state index in [2.05, 4.69) is 22.5 Å². The SMILES string of the molecule is C=CC(O)CCCBr. The second kappa shape index (κ2) is 5.32. The maximum Gasteiger partial charge on any atom is 0.0718 e. The van der Waals surface area contributed by atoms with Crippen LogP contribution < -0.4 is 0 Å². The van der Waals surface area contributed by atoms with Gasteiger partial charge in [-0.2, -0.15) is 0 Å². The lowest BCUT2D eigenvalue weighted by Gasteiger charge is -1.99. The number of aliphatic hydroxyl groups excluding tert-OH is 1. The standard InChI is InChI=1S/C6H11BrO/c1-2-6(8)4-3-5-7/h2,6,8H,1,3-5H2. The van der Waals surface area contributed by atoms with Crippen molar-refractivity contribution < 1.29 is 5.11 Å². The summed E-state index contributed by atoms with van der Waals surface area (Å²) < 4.78 is 0. The topological polar surface area (TPSA) is 20.2 Å². The van der Waals surface area contributed by atoms with Crippen molar-refractivity contribution in [2.45, 2.75) is 18.9 Å². The first-order valence-corrected chi connectivity index (χ1v) is 3.80. The van der Waals surface area contributed by atoms with Crippen molar-refractivity contribution in [2.75, 3.05) is 5.33 Å². The summed E-state index contributed by atoms with van der Waals surface area (Å²) in [6.45, 7) is 3.45. The Kier molecular flexibility index (Phi) is 5.44. The fourth-order valence-electron chi connectivity index (χ4n) is 0.404. The molecule has 0 heterocycles. The van der Waals surface area contributed by atoms with Crippen molar-refractivity contribution >= 4 is 15.9 Å². The van der Waals surface area contributed by atoms with Gasteiger partial charge in [-0.05, 0) is 12.8 Å². The lowest BCUT2D eigenvalue weighted by Crippen LogP contribution is -2.00. The largest absolute Gasteiger partial charge is 0.389 e. The van der Waals surface area contributed by atoms with Crippen LogP contribution >= 0.6 is 15.9 Å². The van der Waals surface area contributed by atoms with E-state index in [4.69, 9.17) is 5.11 Å². The number of halogens is 1. The zero-order valence-corrected chi connectivity index (χ0v) is 6.39. The molecule has 1 nitrogen and oxygen atoms in total. The van der Waals surface area contributed by atoms with Gasteiger partial charge < -0.3 is 5.11 Å². The van der Waals surface area contributed by atoms with Gasteiger partial charge in [0.15, 0.2) is 0 Å². The molecule has 0 saturated carbocycles. The third kappa shape index (κ3) is 4.34. The van der Waals surface area contributed by atoms with Gasteiger partial charge in [0, 0.05) is 5.33 Å². The average Bonchev–Trinajstić information content (AvgIpc) is 1.83. The monoisotopic (exact) mass is 178 g/mol. The second-order valence-corrected chi connectivity index (χ2v) is 2.43. The van der Waals surface area contributed by atoms with Crippen LogP contribution in [-0.2, 0) is 0 Å². The van der Waals surface area contributed by atoms with E-state index in [1.165, 1.54) is 0 Å². The maximum atomic E-state index is 8.85. The highest BCUT2D eigenvalue weighted by Crippen LogP contribution is 1.99. The molecule has 1 N–H and O–H groups in total. The summed E-state index contributed by atoms with van der Waals surface area (Å²) in [5, 5.41) is 9.81. The van der Waals surface area contributed by atoms with Gasteiger partial charge in [0.05, 0.1) is 6.10 Å². The van der Waals surface area contributed by atoms with Crippen LogP contribution in [0.15, 0.2) is 12.7 Å². The fourth-order valence-corrected chi connectivity index (χ4v) is 0.728. The van der Waals surface area contributed by atoms with Gasteiger partial charge in [-0.3, -0.25) is 0 Å². The van der Waals surface area contributed by atoms with E-state index >= 15 is 0 Å². The molecule has 0 aliphatic rings. The van der Waals surface area contributed by atoms with Gasteiger partial charge in [-0.15, -0.1) is 6.58 Å². The van der Waals surface area contributed by atoms with Gasteiger partial charge in [0.2, 0.25) is 0 Å². The molecule has 0 amide bonds. The number of hydrogen-bond donors (Lipinski definition) is 1. The molecule has 0 fully saturated rings. The Morgan fingerprint density at radius 3 is 2.75 bits per heavy atom. The van der Waals surface area contributed by atoms with Gasteiger partial charge in [-0.25, -0.2) is 0 Å². The summed E-state index contributed by atoms with van der Waals surface area (Å²) in [7, 11) is 0. The molecule has 0 saturated heterocycles. The highest BCUT2D eigenvalue weighted by molar-refractivity contribution is 9.09. The predicted octanol–water partition coefficient (Wildman–Crippen LogP) is 1.71. The average molecular weight is 179 g/mol. The molecule has 1 unspecified atom stereocenters. The maximum absolute atomic E-state index is 8.85. The van der Waals surface area contributed by atoms with Crippen LogP contribution in [0.3, 0.4) is 0 Å². The van der Waals surface area contributed by atoms with Crippen molar-refractivity contribution in [3.63, 3.8) is 0 Å². The van der Waals surface area contributed by atoms with Crippen LogP contribution in [0.5, 0.6) is 0 Å². The van der Waals surface area contributed by atoms with E-state index in [0.717, 1.165) is 18.2 Å². The second-order valence-electron chi connectivity index (χ2n) is 1.63. The van der Waals surface area contributed by atoms with E-state index in [-0.39, 0.29) is 6.10 Å². The molecule has 0 aromatic rings. The van der Waals surface area contributed by atoms with Crippen LogP contribution in [0, 0.1) is 0 Å². The molecule has 8 heavy (non-hydrogen) atoms. The van der Waals surface area contributed by atoms with Crippen LogP contribution in [0.2, 0.25) is 0 Å². The van der Waals surface area contributed by atoms with Crippen molar-refractivity contribution in [2.24, 2.45) is 0 Å². The number of rotatable bonds is 4. The van der Waals surface area contributed by atoms with Crippen molar-refractivity contribution in [1.82, 2.24) is 0 Å². The van der Waals surface area contributed by atoms with E-state index in [1.54, 1.807) is 6.08 Å². The van der Waals surface area contributed by atoms with E-state index in [0.29, 0.717) is 0 Å². The lowest BCUT2D eigenvalue weighted by molar-refractivity contribution is 0.212. The first-order valence-electron chi connectivity index (χ1n) is 2.68. The minimum Gasteiger partial charge on any atom is -0.389 e. The molecular formula is C6H11BrO. The molecule has 0 spiro atoms. The van der Waals surface area contributed by atoms with Gasteiger partial charge in [0.1, 0.15) is 0 Å². The number of hydrogen-bond acceptors (Lipinski definition) is 1. The van der Waals surface area contributed by atoms with Crippen molar-refractivity contribution in [3.8, 4) is 0 Å². The van der Waals surface area contributed by atoms with E-state index in [1.807, 2.05) is 0 Å². The van der Waals surface area contributed by atoms with Gasteiger partial charge >= 0.3 is 0 Å². The minimum absolute atomic E-state index is 0.312. The van der Waals surface area contributed by atoms with Crippen molar-refractivity contribution in [3.05, 3.63) is 12.7 Å². The molecule has 0 aromatic heterocycles. The Bertz CT molecular complexity index is 63.5. The fraction of sp³-hybridized carbons (Fsp3) is 0.667. The van der Waals surface area contributed by atoms with Gasteiger partial charge in [-0.1, -0.05) is 22.0 Å². The van der Waals surface area contributed by atoms with Crippen LogP contribution in [-0.4, -0.2) is 16.5 Å². The Labute approximate surface area is 58.5 Å². The molecule has 0 aliphatic heterocycles. The molecule has 48 valence electrons. The number of alkyl halides is 1. The van der Waals surface area contributed by atoms with Crippen molar-refractivity contribution in [1.29, 1.82) is 0 Å². The number of aliphatic hydroxyl groups is 1. The third-order valence-electron chi connectivity index (χ3n) is 0.906. The zero-order chi connectivity index (χ0) is 6.41. The first kappa shape index (κ1) is 8.18. The Morgan fingerprint density at radius 2 is 2.38 bits per heavy atom. The summed E-state index contributed by atoms with van der Waals surface area (Å²) in [5.41, 5.74) is 0. The molecule has 1 atom stereocenters. The van der Waals surface area contributed by atoms with E-state index < -0.39 is 0 Å². The lowest BCUT2D eigenvalue weighted by atomic mass is 10.2. The first-order chi connectivity index (χ1) is 3.81. The van der Waals surface area contributed by atoms with Crippen LogP contribution in [0.1, 0.15) is 12.8 Å². The summed E-state index contributed by atoms with van der Waals surface area (Å²) in [5.74, 6) is 0. The quantitative estimate of drug-likeness (QED) is 0.514. The third-order valence-corrected chi connectivity index (χ3v) is 1.47. The van der Waals surface area contributed by atoms with Gasteiger partial charge in [0.25, 0.3) is 0 Å².